The van der Waals surface area contributed by atoms with E-state index in [1.165, 1.54) is 0 Å². The number of benzene rings is 2. The number of methoxy groups -OCH3 is 1. The quantitative estimate of drug-likeness (QED) is 0.587. The molecule has 23 heavy (non-hydrogen) atoms. The van der Waals surface area contributed by atoms with Gasteiger partial charge in [0.15, 0.2) is 0 Å². The van der Waals surface area contributed by atoms with E-state index in [1.807, 2.05) is 30.3 Å². The first-order valence-electron chi connectivity index (χ1n) is 7.16. The molecule has 0 saturated carbocycles. The zero-order valence-electron chi connectivity index (χ0n) is 12.9. The predicted molar refractivity (Wildman–Crippen MR) is 90.8 cm³/mol. The Labute approximate surface area is 133 Å². The molecule has 116 valence electrons. The summed E-state index contributed by atoms with van der Waals surface area (Å²) < 4.78 is 10.4. The van der Waals surface area contributed by atoms with Crippen molar-refractivity contribution in [3.63, 3.8) is 0 Å². The minimum atomic E-state index is -0.367. The summed E-state index contributed by atoms with van der Waals surface area (Å²) in [5.41, 5.74) is 2.15. The van der Waals surface area contributed by atoms with Crippen LogP contribution >= 0.6 is 0 Å². The Hall–Kier alpha value is -3.01. The van der Waals surface area contributed by atoms with Crippen LogP contribution in [0.5, 0.6) is 11.5 Å². The summed E-state index contributed by atoms with van der Waals surface area (Å²) in [6.07, 6.45) is 3.64. The molecule has 3 rings (SSSR count). The van der Waals surface area contributed by atoms with Gasteiger partial charge in [-0.15, -0.1) is 0 Å². The topological polar surface area (TPSA) is 59.7 Å². The van der Waals surface area contributed by atoms with Crippen molar-refractivity contribution in [2.75, 3.05) is 7.11 Å². The SMILES string of the molecule is COc1ccc(/C=C/c2cc3oc(=O)c(C)cc3cc2O)cc1. The van der Waals surface area contributed by atoms with Crippen LogP contribution in [0.1, 0.15) is 16.7 Å². The summed E-state index contributed by atoms with van der Waals surface area (Å²) in [5.74, 6) is 0.920. The first-order chi connectivity index (χ1) is 11.1. The molecular formula is C19H16O4. The summed E-state index contributed by atoms with van der Waals surface area (Å²) in [6.45, 7) is 1.68. The van der Waals surface area contributed by atoms with E-state index in [-0.39, 0.29) is 11.4 Å². The maximum Gasteiger partial charge on any atom is 0.339 e. The maximum atomic E-state index is 11.6. The normalized spacial score (nSPS) is 11.2. The average molecular weight is 308 g/mol. The second-order valence-corrected chi connectivity index (χ2v) is 5.27. The van der Waals surface area contributed by atoms with Gasteiger partial charge in [-0.25, -0.2) is 4.79 Å². The molecule has 0 radical (unpaired) electrons. The molecular weight excluding hydrogens is 292 g/mol. The van der Waals surface area contributed by atoms with Gasteiger partial charge < -0.3 is 14.3 Å². The Balaban J connectivity index is 1.98. The number of fused-ring (bicyclic) bond motifs is 1. The van der Waals surface area contributed by atoms with Crippen LogP contribution in [-0.2, 0) is 0 Å². The Bertz CT molecular complexity index is 934. The van der Waals surface area contributed by atoms with Gasteiger partial charge in [-0.3, -0.25) is 0 Å². The van der Waals surface area contributed by atoms with Crippen molar-refractivity contribution in [3.8, 4) is 11.5 Å². The molecule has 0 bridgehead atoms. The summed E-state index contributed by atoms with van der Waals surface area (Å²) >= 11 is 0. The van der Waals surface area contributed by atoms with Crippen LogP contribution in [0.2, 0.25) is 0 Å². The third-order valence-corrected chi connectivity index (χ3v) is 3.63. The van der Waals surface area contributed by atoms with Crippen molar-refractivity contribution in [1.29, 1.82) is 0 Å². The van der Waals surface area contributed by atoms with Crippen LogP contribution in [0.25, 0.3) is 23.1 Å². The molecule has 0 fully saturated rings. The molecule has 0 amide bonds. The molecule has 1 N–H and O–H groups in total. The summed E-state index contributed by atoms with van der Waals surface area (Å²) in [7, 11) is 1.62. The van der Waals surface area contributed by atoms with E-state index in [4.69, 9.17) is 9.15 Å². The van der Waals surface area contributed by atoms with Gasteiger partial charge in [-0.1, -0.05) is 24.3 Å². The number of phenolic OH excluding ortho intramolecular Hbond substituents is 1. The Kier molecular flexibility index (Phi) is 3.89. The van der Waals surface area contributed by atoms with Crippen LogP contribution in [0, 0.1) is 6.92 Å². The first-order valence-corrected chi connectivity index (χ1v) is 7.16. The smallest absolute Gasteiger partial charge is 0.339 e. The zero-order chi connectivity index (χ0) is 16.4. The highest BCUT2D eigenvalue weighted by Crippen LogP contribution is 2.26. The fourth-order valence-corrected chi connectivity index (χ4v) is 2.31. The lowest BCUT2D eigenvalue weighted by Crippen LogP contribution is -2.01. The second-order valence-electron chi connectivity index (χ2n) is 5.27. The molecule has 0 saturated heterocycles. The Morgan fingerprint density at radius 2 is 1.83 bits per heavy atom. The van der Waals surface area contributed by atoms with Gasteiger partial charge in [0.1, 0.15) is 17.1 Å². The van der Waals surface area contributed by atoms with E-state index in [0.29, 0.717) is 22.1 Å². The van der Waals surface area contributed by atoms with Crippen LogP contribution < -0.4 is 10.4 Å². The van der Waals surface area contributed by atoms with Crippen molar-refractivity contribution < 1.29 is 14.3 Å². The van der Waals surface area contributed by atoms with Gasteiger partial charge in [-0.05, 0) is 42.8 Å². The molecule has 0 aliphatic heterocycles. The molecule has 3 aromatic rings. The zero-order valence-corrected chi connectivity index (χ0v) is 12.9. The van der Waals surface area contributed by atoms with E-state index in [0.717, 1.165) is 11.3 Å². The van der Waals surface area contributed by atoms with Crippen molar-refractivity contribution in [2.45, 2.75) is 6.92 Å². The Morgan fingerprint density at radius 1 is 1.09 bits per heavy atom. The lowest BCUT2D eigenvalue weighted by Gasteiger charge is -2.03. The molecule has 0 aliphatic carbocycles. The first kappa shape index (κ1) is 14.9. The van der Waals surface area contributed by atoms with E-state index < -0.39 is 0 Å². The lowest BCUT2D eigenvalue weighted by atomic mass is 10.1. The highest BCUT2D eigenvalue weighted by molar-refractivity contribution is 5.85. The molecule has 1 heterocycles. The number of phenols is 1. The number of hydrogen-bond acceptors (Lipinski definition) is 4. The molecule has 0 unspecified atom stereocenters. The minimum absolute atomic E-state index is 0.135. The van der Waals surface area contributed by atoms with Gasteiger partial charge in [0.25, 0.3) is 0 Å². The predicted octanol–water partition coefficient (Wildman–Crippen LogP) is 3.99. The van der Waals surface area contributed by atoms with Crippen LogP contribution in [0.3, 0.4) is 0 Å². The van der Waals surface area contributed by atoms with E-state index in [2.05, 4.69) is 0 Å². The lowest BCUT2D eigenvalue weighted by molar-refractivity contribution is 0.415. The third kappa shape index (κ3) is 3.11. The molecule has 0 spiro atoms. The minimum Gasteiger partial charge on any atom is -0.507 e. The molecule has 4 heteroatoms. The van der Waals surface area contributed by atoms with Gasteiger partial charge in [0, 0.05) is 16.5 Å². The largest absolute Gasteiger partial charge is 0.507 e. The summed E-state index contributed by atoms with van der Waals surface area (Å²) in [4.78, 5) is 11.6. The van der Waals surface area contributed by atoms with Crippen LogP contribution in [-0.4, -0.2) is 12.2 Å². The van der Waals surface area contributed by atoms with Crippen molar-refractivity contribution in [2.24, 2.45) is 0 Å². The highest BCUT2D eigenvalue weighted by atomic mass is 16.5. The summed E-state index contributed by atoms with van der Waals surface area (Å²) in [6, 6.07) is 12.5. The van der Waals surface area contributed by atoms with Gasteiger partial charge in [0.2, 0.25) is 0 Å². The Morgan fingerprint density at radius 3 is 2.52 bits per heavy atom. The van der Waals surface area contributed by atoms with Gasteiger partial charge in [0.05, 0.1) is 7.11 Å². The third-order valence-electron chi connectivity index (χ3n) is 3.63. The highest BCUT2D eigenvalue weighted by Gasteiger charge is 2.06. The molecule has 4 nitrogen and oxygen atoms in total. The fraction of sp³-hybridized carbons (Fsp3) is 0.105. The second kappa shape index (κ2) is 6.01. The van der Waals surface area contributed by atoms with Crippen molar-refractivity contribution in [1.82, 2.24) is 0 Å². The van der Waals surface area contributed by atoms with Gasteiger partial charge in [-0.2, -0.15) is 0 Å². The van der Waals surface area contributed by atoms with E-state index in [1.54, 1.807) is 38.3 Å². The molecule has 0 aliphatic rings. The molecule has 1 aromatic heterocycles. The van der Waals surface area contributed by atoms with Crippen LogP contribution in [0.15, 0.2) is 51.7 Å². The number of hydrogen-bond donors (Lipinski definition) is 1. The van der Waals surface area contributed by atoms with Crippen molar-refractivity contribution >= 4 is 23.1 Å². The van der Waals surface area contributed by atoms with E-state index in [9.17, 15) is 9.90 Å². The number of aromatic hydroxyl groups is 1. The maximum absolute atomic E-state index is 11.6. The van der Waals surface area contributed by atoms with Gasteiger partial charge >= 0.3 is 5.63 Å². The summed E-state index contributed by atoms with van der Waals surface area (Å²) in [5, 5.41) is 10.8. The molecule has 2 aromatic carbocycles. The average Bonchev–Trinajstić information content (AvgIpc) is 2.55. The van der Waals surface area contributed by atoms with Crippen LogP contribution in [0.4, 0.5) is 0 Å². The number of aryl methyl sites for hydroxylation is 1. The van der Waals surface area contributed by atoms with Crippen molar-refractivity contribution in [3.05, 3.63) is 69.6 Å². The number of ether oxygens (including phenoxy) is 1. The number of rotatable bonds is 3. The van der Waals surface area contributed by atoms with E-state index >= 15 is 0 Å². The fourth-order valence-electron chi connectivity index (χ4n) is 2.31. The standard InChI is InChI=1S/C19H16O4/c1-12-9-15-10-17(20)14(11-18(15)23-19(12)21)6-3-13-4-7-16(22-2)8-5-13/h3-11,20H,1-2H3/b6-3+. The monoisotopic (exact) mass is 308 g/mol. The molecule has 0 atom stereocenters.